The molecule has 1 rings (SSSR count). The van der Waals surface area contributed by atoms with Crippen LogP contribution in [-0.2, 0) is 9.47 Å². The van der Waals surface area contributed by atoms with Crippen molar-refractivity contribution in [1.29, 1.82) is 0 Å². The number of ether oxygens (including phenoxy) is 2. The zero-order valence-corrected chi connectivity index (χ0v) is 8.90. The van der Waals surface area contributed by atoms with E-state index in [0.717, 1.165) is 12.4 Å². The Kier molecular flexibility index (Phi) is 5.50. The molecule has 1 aromatic rings. The maximum atomic E-state index is 5.51. The molecule has 1 aromatic heterocycles. The first-order valence-corrected chi connectivity index (χ1v) is 4.85. The highest BCUT2D eigenvalue weighted by atomic mass is 16.5. The summed E-state index contributed by atoms with van der Waals surface area (Å²) in [6.45, 7) is 2.60. The number of rotatable bonds is 7. The molecule has 0 saturated heterocycles. The lowest BCUT2D eigenvalue weighted by atomic mass is 10.4. The Balaban J connectivity index is 2.07. The van der Waals surface area contributed by atoms with Crippen molar-refractivity contribution >= 4 is 11.5 Å². The lowest BCUT2D eigenvalue weighted by Crippen LogP contribution is -2.12. The minimum absolute atomic E-state index is 0.618. The summed E-state index contributed by atoms with van der Waals surface area (Å²) in [5, 5.41) is 3.12. The van der Waals surface area contributed by atoms with Crippen LogP contribution in [0.1, 0.15) is 0 Å². The number of methoxy groups -OCH3 is 1. The molecule has 0 atom stereocenters. The van der Waals surface area contributed by atoms with Gasteiger partial charge in [0.15, 0.2) is 0 Å². The Morgan fingerprint density at radius 2 is 2.20 bits per heavy atom. The van der Waals surface area contributed by atoms with E-state index in [4.69, 9.17) is 15.2 Å². The summed E-state index contributed by atoms with van der Waals surface area (Å²) in [6, 6.07) is 3.64. The van der Waals surface area contributed by atoms with Gasteiger partial charge in [-0.1, -0.05) is 0 Å². The van der Waals surface area contributed by atoms with Gasteiger partial charge >= 0.3 is 0 Å². The van der Waals surface area contributed by atoms with Crippen LogP contribution in [0.4, 0.5) is 11.5 Å². The molecule has 84 valence electrons. The summed E-state index contributed by atoms with van der Waals surface area (Å²) in [7, 11) is 1.65. The fourth-order valence-electron chi connectivity index (χ4n) is 1.01. The molecule has 5 nitrogen and oxygen atoms in total. The Labute approximate surface area is 89.6 Å². The molecule has 0 unspecified atom stereocenters. The maximum Gasteiger partial charge on any atom is 0.126 e. The van der Waals surface area contributed by atoms with Crippen molar-refractivity contribution < 1.29 is 9.47 Å². The fraction of sp³-hybridized carbons (Fsp3) is 0.500. The smallest absolute Gasteiger partial charge is 0.126 e. The third-order valence-electron chi connectivity index (χ3n) is 1.77. The molecule has 0 bridgehead atoms. The molecule has 0 radical (unpaired) electrons. The summed E-state index contributed by atoms with van der Waals surface area (Å²) in [5.41, 5.74) is 6.17. The van der Waals surface area contributed by atoms with E-state index in [-0.39, 0.29) is 0 Å². The molecule has 0 aliphatic heterocycles. The van der Waals surface area contributed by atoms with Crippen molar-refractivity contribution in [2.45, 2.75) is 0 Å². The fourth-order valence-corrected chi connectivity index (χ4v) is 1.01. The molecule has 0 amide bonds. The second-order valence-electron chi connectivity index (χ2n) is 3.01. The number of nitrogens with one attached hydrogen (secondary N) is 1. The van der Waals surface area contributed by atoms with Crippen LogP contribution >= 0.6 is 0 Å². The van der Waals surface area contributed by atoms with E-state index in [9.17, 15) is 0 Å². The van der Waals surface area contributed by atoms with E-state index >= 15 is 0 Å². The van der Waals surface area contributed by atoms with Gasteiger partial charge in [-0.3, -0.25) is 0 Å². The zero-order chi connectivity index (χ0) is 10.9. The van der Waals surface area contributed by atoms with Crippen molar-refractivity contribution in [3.63, 3.8) is 0 Å². The standard InChI is InChI=1S/C10H17N3O2/c1-14-6-7-15-5-4-12-10-3-2-9(11)8-13-10/h2-3,8H,4-7,11H2,1H3,(H,12,13). The maximum absolute atomic E-state index is 5.51. The molecule has 0 fully saturated rings. The number of pyridine rings is 1. The van der Waals surface area contributed by atoms with Crippen LogP contribution in [0.3, 0.4) is 0 Å². The van der Waals surface area contributed by atoms with Gasteiger partial charge in [0.2, 0.25) is 0 Å². The molecule has 5 heteroatoms. The summed E-state index contributed by atoms with van der Waals surface area (Å²) in [5.74, 6) is 0.805. The molecule has 1 heterocycles. The molecular formula is C10H17N3O2. The van der Waals surface area contributed by atoms with Crippen molar-refractivity contribution in [3.8, 4) is 0 Å². The number of nitrogens with two attached hydrogens (primary N) is 1. The molecule has 0 spiro atoms. The Bertz CT molecular complexity index is 264. The number of aromatic nitrogens is 1. The minimum atomic E-state index is 0.618. The number of hydrogen-bond acceptors (Lipinski definition) is 5. The number of anilines is 2. The van der Waals surface area contributed by atoms with Gasteiger partial charge < -0.3 is 20.5 Å². The topological polar surface area (TPSA) is 69.4 Å². The minimum Gasteiger partial charge on any atom is -0.397 e. The van der Waals surface area contributed by atoms with Crippen molar-refractivity contribution in [3.05, 3.63) is 18.3 Å². The van der Waals surface area contributed by atoms with E-state index in [1.807, 2.05) is 6.07 Å². The van der Waals surface area contributed by atoms with Gasteiger partial charge in [0, 0.05) is 13.7 Å². The largest absolute Gasteiger partial charge is 0.397 e. The lowest BCUT2D eigenvalue weighted by molar-refractivity contribution is 0.0759. The number of hydrogen-bond donors (Lipinski definition) is 2. The number of nitrogen functional groups attached to an aromatic ring is 1. The van der Waals surface area contributed by atoms with Crippen LogP contribution in [0.5, 0.6) is 0 Å². The zero-order valence-electron chi connectivity index (χ0n) is 8.90. The second-order valence-corrected chi connectivity index (χ2v) is 3.01. The third-order valence-corrected chi connectivity index (χ3v) is 1.77. The highest BCUT2D eigenvalue weighted by Crippen LogP contribution is 2.04. The van der Waals surface area contributed by atoms with Gasteiger partial charge in [0.05, 0.1) is 31.7 Å². The summed E-state index contributed by atoms with van der Waals surface area (Å²) < 4.78 is 10.1. The van der Waals surface area contributed by atoms with Crippen LogP contribution < -0.4 is 11.1 Å². The van der Waals surface area contributed by atoms with E-state index in [0.29, 0.717) is 25.5 Å². The van der Waals surface area contributed by atoms with Crippen molar-refractivity contribution in [2.75, 3.05) is 44.5 Å². The third kappa shape index (κ3) is 5.19. The Morgan fingerprint density at radius 3 is 2.87 bits per heavy atom. The van der Waals surface area contributed by atoms with E-state index in [1.165, 1.54) is 0 Å². The predicted molar refractivity (Wildman–Crippen MR) is 59.8 cm³/mol. The highest BCUT2D eigenvalue weighted by molar-refractivity contribution is 5.43. The number of nitrogens with zero attached hydrogens (tertiary/aromatic N) is 1. The summed E-state index contributed by atoms with van der Waals surface area (Å²) in [4.78, 5) is 4.10. The van der Waals surface area contributed by atoms with Crippen LogP contribution in [0, 0.1) is 0 Å². The average molecular weight is 211 g/mol. The van der Waals surface area contributed by atoms with E-state index in [1.54, 1.807) is 19.4 Å². The van der Waals surface area contributed by atoms with Gasteiger partial charge in [-0.2, -0.15) is 0 Å². The van der Waals surface area contributed by atoms with Gasteiger partial charge in [0.1, 0.15) is 5.82 Å². The molecule has 0 aliphatic rings. The first-order chi connectivity index (χ1) is 7.33. The average Bonchev–Trinajstić information content (AvgIpc) is 2.26. The molecule has 0 aliphatic carbocycles. The monoisotopic (exact) mass is 211 g/mol. The second kappa shape index (κ2) is 7.03. The van der Waals surface area contributed by atoms with Crippen LogP contribution in [0.25, 0.3) is 0 Å². The molecule has 15 heavy (non-hydrogen) atoms. The Morgan fingerprint density at radius 1 is 1.33 bits per heavy atom. The van der Waals surface area contributed by atoms with Gasteiger partial charge in [0.25, 0.3) is 0 Å². The highest BCUT2D eigenvalue weighted by Gasteiger charge is 1.92. The molecule has 0 saturated carbocycles. The van der Waals surface area contributed by atoms with E-state index in [2.05, 4.69) is 10.3 Å². The first-order valence-electron chi connectivity index (χ1n) is 4.85. The molecule has 3 N–H and O–H groups in total. The van der Waals surface area contributed by atoms with Gasteiger partial charge in [-0.25, -0.2) is 4.98 Å². The summed E-state index contributed by atoms with van der Waals surface area (Å²) >= 11 is 0. The van der Waals surface area contributed by atoms with E-state index < -0.39 is 0 Å². The first kappa shape index (κ1) is 11.7. The lowest BCUT2D eigenvalue weighted by Gasteiger charge is -2.06. The SMILES string of the molecule is COCCOCCNc1ccc(N)cn1. The van der Waals surface area contributed by atoms with Gasteiger partial charge in [-0.15, -0.1) is 0 Å². The Hall–Kier alpha value is -1.33. The quantitative estimate of drug-likeness (QED) is 0.651. The molecule has 0 aromatic carbocycles. The summed E-state index contributed by atoms with van der Waals surface area (Å²) in [6.07, 6.45) is 1.62. The molecular weight excluding hydrogens is 194 g/mol. The normalized spacial score (nSPS) is 10.2. The van der Waals surface area contributed by atoms with Crippen LogP contribution in [0.2, 0.25) is 0 Å². The predicted octanol–water partition coefficient (Wildman–Crippen LogP) is 0.739. The van der Waals surface area contributed by atoms with Crippen LogP contribution in [-0.4, -0.2) is 38.5 Å². The van der Waals surface area contributed by atoms with Gasteiger partial charge in [-0.05, 0) is 12.1 Å². The van der Waals surface area contributed by atoms with Crippen molar-refractivity contribution in [1.82, 2.24) is 4.98 Å². The van der Waals surface area contributed by atoms with Crippen LogP contribution in [0.15, 0.2) is 18.3 Å². The van der Waals surface area contributed by atoms with Crippen molar-refractivity contribution in [2.24, 2.45) is 0 Å².